The largest absolute Gasteiger partial charge is 0.494 e. The summed E-state index contributed by atoms with van der Waals surface area (Å²) >= 11 is 0. The molecule has 0 spiro atoms. The van der Waals surface area contributed by atoms with Crippen LogP contribution in [0.2, 0.25) is 0 Å². The van der Waals surface area contributed by atoms with Crippen molar-refractivity contribution in [1.29, 1.82) is 0 Å². The number of nitrogens with one attached hydrogen (secondary N) is 1. The number of rotatable bonds is 6. The molecule has 0 fully saturated rings. The zero-order valence-corrected chi connectivity index (χ0v) is 12.6. The van der Waals surface area contributed by atoms with Crippen molar-refractivity contribution in [2.45, 2.75) is 20.0 Å². The highest BCUT2D eigenvalue weighted by molar-refractivity contribution is 5.74. The first-order valence-corrected chi connectivity index (χ1v) is 7.47. The molecule has 0 radical (unpaired) electrons. The topological polar surface area (TPSA) is 47.0 Å². The summed E-state index contributed by atoms with van der Waals surface area (Å²) in [6, 6.07) is 14.4. The van der Waals surface area contributed by atoms with Crippen molar-refractivity contribution in [3.8, 4) is 5.75 Å². The third-order valence-corrected chi connectivity index (χ3v) is 3.43. The molecule has 1 aromatic heterocycles. The Morgan fingerprint density at radius 3 is 2.32 bits per heavy atom. The molecule has 0 aliphatic rings. The zero-order chi connectivity index (χ0) is 15.2. The van der Waals surface area contributed by atoms with Gasteiger partial charge in [-0.1, -0.05) is 18.2 Å². The summed E-state index contributed by atoms with van der Waals surface area (Å²) in [7, 11) is 0. The number of hydrogen-bond acceptors (Lipinski definition) is 4. The van der Waals surface area contributed by atoms with E-state index >= 15 is 0 Å². The van der Waals surface area contributed by atoms with Gasteiger partial charge < -0.3 is 10.1 Å². The van der Waals surface area contributed by atoms with Crippen LogP contribution in [0.25, 0.3) is 11.0 Å². The van der Waals surface area contributed by atoms with Gasteiger partial charge in [0.1, 0.15) is 5.75 Å². The highest BCUT2D eigenvalue weighted by Gasteiger charge is 1.99. The molecule has 0 saturated heterocycles. The number of nitrogens with zero attached hydrogens (tertiary/aromatic N) is 2. The van der Waals surface area contributed by atoms with Crippen LogP contribution in [0.1, 0.15) is 18.1 Å². The summed E-state index contributed by atoms with van der Waals surface area (Å²) in [4.78, 5) is 8.61. The molecule has 4 heteroatoms. The summed E-state index contributed by atoms with van der Waals surface area (Å²) < 4.78 is 5.44. The van der Waals surface area contributed by atoms with Gasteiger partial charge in [-0.25, -0.2) is 0 Å². The van der Waals surface area contributed by atoms with Crippen LogP contribution >= 0.6 is 0 Å². The van der Waals surface area contributed by atoms with Gasteiger partial charge >= 0.3 is 0 Å². The van der Waals surface area contributed by atoms with Crippen LogP contribution < -0.4 is 10.1 Å². The molecular formula is C18H19N3O. The molecule has 0 aliphatic heterocycles. The third kappa shape index (κ3) is 3.59. The van der Waals surface area contributed by atoms with Gasteiger partial charge in [0.15, 0.2) is 0 Å². The summed E-state index contributed by atoms with van der Waals surface area (Å²) in [5, 5.41) is 3.45. The van der Waals surface area contributed by atoms with E-state index in [4.69, 9.17) is 4.74 Å². The number of fused-ring (bicyclic) bond motifs is 1. The maximum atomic E-state index is 5.44. The van der Waals surface area contributed by atoms with Crippen molar-refractivity contribution in [1.82, 2.24) is 15.3 Å². The van der Waals surface area contributed by atoms with Crippen molar-refractivity contribution < 1.29 is 4.74 Å². The fourth-order valence-electron chi connectivity index (χ4n) is 2.34. The standard InChI is InChI=1S/C18H19N3O/c1-2-22-16-6-3-14(4-7-16)12-19-13-15-5-8-17-18(11-15)21-10-9-20-17/h3-11,19H,2,12-13H2,1H3. The Kier molecular flexibility index (Phi) is 4.61. The van der Waals surface area contributed by atoms with Crippen LogP contribution in [0.4, 0.5) is 0 Å². The van der Waals surface area contributed by atoms with E-state index in [1.807, 2.05) is 25.1 Å². The van der Waals surface area contributed by atoms with Crippen molar-refractivity contribution in [3.05, 3.63) is 66.0 Å². The number of ether oxygens (including phenoxy) is 1. The van der Waals surface area contributed by atoms with E-state index in [1.165, 1.54) is 11.1 Å². The first-order valence-electron chi connectivity index (χ1n) is 7.47. The molecule has 4 nitrogen and oxygen atoms in total. The lowest BCUT2D eigenvalue weighted by atomic mass is 10.1. The predicted molar refractivity (Wildman–Crippen MR) is 87.7 cm³/mol. The van der Waals surface area contributed by atoms with Crippen LogP contribution in [0.5, 0.6) is 5.75 Å². The molecule has 3 rings (SSSR count). The molecular weight excluding hydrogens is 274 g/mol. The van der Waals surface area contributed by atoms with E-state index in [9.17, 15) is 0 Å². The highest BCUT2D eigenvalue weighted by Crippen LogP contribution is 2.13. The fraction of sp³-hybridized carbons (Fsp3) is 0.222. The monoisotopic (exact) mass is 293 g/mol. The van der Waals surface area contributed by atoms with Gasteiger partial charge in [-0.05, 0) is 42.3 Å². The lowest BCUT2D eigenvalue weighted by molar-refractivity contribution is 0.340. The molecule has 2 aromatic carbocycles. The maximum absolute atomic E-state index is 5.44. The molecule has 22 heavy (non-hydrogen) atoms. The summed E-state index contributed by atoms with van der Waals surface area (Å²) in [5.41, 5.74) is 4.31. The second-order valence-electron chi connectivity index (χ2n) is 5.06. The van der Waals surface area contributed by atoms with E-state index in [2.05, 4.69) is 39.6 Å². The number of hydrogen-bond donors (Lipinski definition) is 1. The van der Waals surface area contributed by atoms with Gasteiger partial charge in [0.2, 0.25) is 0 Å². The number of benzene rings is 2. The summed E-state index contributed by atoms with van der Waals surface area (Å²) in [6.45, 7) is 4.32. The second-order valence-corrected chi connectivity index (χ2v) is 5.06. The Hall–Kier alpha value is -2.46. The zero-order valence-electron chi connectivity index (χ0n) is 12.6. The SMILES string of the molecule is CCOc1ccc(CNCc2ccc3nccnc3c2)cc1. The molecule has 0 unspecified atom stereocenters. The molecule has 112 valence electrons. The fourth-order valence-corrected chi connectivity index (χ4v) is 2.34. The van der Waals surface area contributed by atoms with Crippen LogP contribution in [0.3, 0.4) is 0 Å². The average molecular weight is 293 g/mol. The molecule has 1 heterocycles. The Balaban J connectivity index is 1.57. The second kappa shape index (κ2) is 7.00. The van der Waals surface area contributed by atoms with E-state index < -0.39 is 0 Å². The first kappa shape index (κ1) is 14.5. The molecule has 0 bridgehead atoms. The van der Waals surface area contributed by atoms with Crippen molar-refractivity contribution in [2.75, 3.05) is 6.61 Å². The Morgan fingerprint density at radius 1 is 0.864 bits per heavy atom. The van der Waals surface area contributed by atoms with Crippen LogP contribution in [0, 0.1) is 0 Å². The average Bonchev–Trinajstić information content (AvgIpc) is 2.57. The minimum Gasteiger partial charge on any atom is -0.494 e. The highest BCUT2D eigenvalue weighted by atomic mass is 16.5. The minimum absolute atomic E-state index is 0.697. The van der Waals surface area contributed by atoms with Gasteiger partial charge in [-0.2, -0.15) is 0 Å². The summed E-state index contributed by atoms with van der Waals surface area (Å²) in [6.07, 6.45) is 3.44. The van der Waals surface area contributed by atoms with Gasteiger partial charge in [0.25, 0.3) is 0 Å². The van der Waals surface area contributed by atoms with Gasteiger partial charge in [0.05, 0.1) is 17.6 Å². The smallest absolute Gasteiger partial charge is 0.119 e. The number of aromatic nitrogens is 2. The summed E-state index contributed by atoms with van der Waals surface area (Å²) in [5.74, 6) is 0.916. The predicted octanol–water partition coefficient (Wildman–Crippen LogP) is 3.32. The van der Waals surface area contributed by atoms with Gasteiger partial charge in [-0.15, -0.1) is 0 Å². The maximum Gasteiger partial charge on any atom is 0.119 e. The molecule has 0 atom stereocenters. The Morgan fingerprint density at radius 2 is 1.55 bits per heavy atom. The lowest BCUT2D eigenvalue weighted by Crippen LogP contribution is -2.12. The van der Waals surface area contributed by atoms with E-state index in [0.29, 0.717) is 6.61 Å². The molecule has 1 N–H and O–H groups in total. The quantitative estimate of drug-likeness (QED) is 0.757. The molecule has 3 aromatic rings. The molecule has 0 amide bonds. The van der Waals surface area contributed by atoms with Crippen molar-refractivity contribution >= 4 is 11.0 Å². The molecule has 0 aliphatic carbocycles. The van der Waals surface area contributed by atoms with E-state index in [-0.39, 0.29) is 0 Å². The van der Waals surface area contributed by atoms with Crippen molar-refractivity contribution in [3.63, 3.8) is 0 Å². The van der Waals surface area contributed by atoms with Crippen LogP contribution in [-0.2, 0) is 13.1 Å². The first-order chi connectivity index (χ1) is 10.8. The van der Waals surface area contributed by atoms with Crippen molar-refractivity contribution in [2.24, 2.45) is 0 Å². The van der Waals surface area contributed by atoms with Crippen LogP contribution in [0.15, 0.2) is 54.9 Å². The Bertz CT molecular complexity index is 741. The van der Waals surface area contributed by atoms with Gasteiger partial charge in [-0.3, -0.25) is 9.97 Å². The third-order valence-electron chi connectivity index (χ3n) is 3.43. The minimum atomic E-state index is 0.697. The van der Waals surface area contributed by atoms with E-state index in [0.717, 1.165) is 29.9 Å². The van der Waals surface area contributed by atoms with Crippen LogP contribution in [-0.4, -0.2) is 16.6 Å². The lowest BCUT2D eigenvalue weighted by Gasteiger charge is -2.07. The van der Waals surface area contributed by atoms with E-state index in [1.54, 1.807) is 12.4 Å². The van der Waals surface area contributed by atoms with Gasteiger partial charge in [0, 0.05) is 25.5 Å². The molecule has 0 saturated carbocycles. The normalized spacial score (nSPS) is 10.8. The Labute approximate surface area is 130 Å².